The van der Waals surface area contributed by atoms with Crippen molar-refractivity contribution < 1.29 is 9.21 Å². The molecule has 94 valence electrons. The van der Waals surface area contributed by atoms with Crippen molar-refractivity contribution in [1.29, 1.82) is 0 Å². The first-order valence-electron chi connectivity index (χ1n) is 5.58. The van der Waals surface area contributed by atoms with E-state index in [1.165, 1.54) is 6.26 Å². The lowest BCUT2D eigenvalue weighted by molar-refractivity contribution is 0.101. The van der Waals surface area contributed by atoms with Crippen LogP contribution in [0.25, 0.3) is 0 Å². The number of hydrogen-bond acceptors (Lipinski definition) is 6. The number of aryl methyl sites for hydroxylation is 1. The van der Waals surface area contributed by atoms with Gasteiger partial charge in [-0.3, -0.25) is 10.1 Å². The second-order valence-corrected chi connectivity index (χ2v) is 4.14. The highest BCUT2D eigenvalue weighted by molar-refractivity contribution is 6.01. The molecule has 8 nitrogen and oxygen atoms in total. The zero-order valence-corrected chi connectivity index (χ0v) is 9.75. The first-order chi connectivity index (χ1) is 8.72. The molecule has 2 N–H and O–H groups in total. The van der Waals surface area contributed by atoms with Gasteiger partial charge >= 0.3 is 6.01 Å². The van der Waals surface area contributed by atoms with Gasteiger partial charge in [-0.15, -0.1) is 5.10 Å². The van der Waals surface area contributed by atoms with Crippen molar-refractivity contribution in [3.63, 3.8) is 0 Å². The number of oxazole rings is 1. The van der Waals surface area contributed by atoms with Crippen LogP contribution >= 0.6 is 0 Å². The molecular formula is C10H12N6O2. The van der Waals surface area contributed by atoms with Crippen molar-refractivity contribution in [3.05, 3.63) is 23.8 Å². The summed E-state index contributed by atoms with van der Waals surface area (Å²) in [6, 6.07) is 0.445. The molecule has 1 amide bonds. The second-order valence-electron chi connectivity index (χ2n) is 4.14. The molecule has 3 heterocycles. The van der Waals surface area contributed by atoms with E-state index < -0.39 is 0 Å². The van der Waals surface area contributed by atoms with Crippen molar-refractivity contribution in [1.82, 2.24) is 25.3 Å². The average Bonchev–Trinajstić information content (AvgIpc) is 2.86. The number of carbonyl (C=O) groups excluding carboxylic acids is 1. The zero-order chi connectivity index (χ0) is 12.5. The van der Waals surface area contributed by atoms with E-state index in [4.69, 9.17) is 4.42 Å². The summed E-state index contributed by atoms with van der Waals surface area (Å²) in [5, 5.41) is 13.4. The highest BCUT2D eigenvalue weighted by atomic mass is 16.4. The molecule has 0 atom stereocenters. The fourth-order valence-electron chi connectivity index (χ4n) is 1.59. The van der Waals surface area contributed by atoms with Crippen LogP contribution in [0, 0.1) is 6.92 Å². The molecule has 2 aromatic heterocycles. The lowest BCUT2D eigenvalue weighted by Gasteiger charge is -2.26. The number of nitrogens with zero attached hydrogens (tertiary/aromatic N) is 4. The third-order valence-electron chi connectivity index (χ3n) is 2.72. The summed E-state index contributed by atoms with van der Waals surface area (Å²) in [4.78, 5) is 15.8. The normalized spacial score (nSPS) is 15.4. The van der Waals surface area contributed by atoms with Gasteiger partial charge in [0.2, 0.25) is 0 Å². The number of rotatable bonds is 3. The zero-order valence-electron chi connectivity index (χ0n) is 9.75. The molecule has 0 saturated carbocycles. The lowest BCUT2D eigenvalue weighted by atomic mass is 10.2. The molecule has 18 heavy (non-hydrogen) atoms. The highest BCUT2D eigenvalue weighted by Gasteiger charge is 2.22. The SMILES string of the molecule is Cc1coc(NC(=O)c2cn(C3CNC3)nn2)n1. The van der Waals surface area contributed by atoms with Crippen LogP contribution in [-0.4, -0.2) is 39.0 Å². The number of amides is 1. The second kappa shape index (κ2) is 4.22. The monoisotopic (exact) mass is 248 g/mol. The van der Waals surface area contributed by atoms with Crippen LogP contribution in [0.3, 0.4) is 0 Å². The molecule has 0 aliphatic carbocycles. The molecule has 1 fully saturated rings. The predicted octanol–water partition coefficient (Wildman–Crippen LogP) is -0.0289. The molecule has 0 radical (unpaired) electrons. The minimum absolute atomic E-state index is 0.164. The van der Waals surface area contributed by atoms with E-state index in [0.717, 1.165) is 13.1 Å². The lowest BCUT2D eigenvalue weighted by Crippen LogP contribution is -2.43. The summed E-state index contributed by atoms with van der Waals surface area (Å²) in [5.74, 6) is -0.379. The standard InChI is InChI=1S/C10H12N6O2/c1-6-5-18-10(12-6)13-9(17)8-4-16(15-14-8)7-2-11-3-7/h4-5,7,11H,2-3H2,1H3,(H,12,13,17). The fourth-order valence-corrected chi connectivity index (χ4v) is 1.59. The Balaban J connectivity index is 1.70. The summed E-state index contributed by atoms with van der Waals surface area (Å²) in [6.07, 6.45) is 3.09. The van der Waals surface area contributed by atoms with Crippen LogP contribution in [0.1, 0.15) is 22.2 Å². The number of anilines is 1. The van der Waals surface area contributed by atoms with E-state index >= 15 is 0 Å². The largest absolute Gasteiger partial charge is 0.432 e. The number of hydrogen-bond donors (Lipinski definition) is 2. The van der Waals surface area contributed by atoms with Crippen LogP contribution in [0.15, 0.2) is 16.9 Å². The predicted molar refractivity (Wildman–Crippen MR) is 61.1 cm³/mol. The smallest absolute Gasteiger partial charge is 0.301 e. The van der Waals surface area contributed by atoms with Gasteiger partial charge in [0.25, 0.3) is 5.91 Å². The minimum atomic E-state index is -0.379. The van der Waals surface area contributed by atoms with Gasteiger partial charge in [-0.1, -0.05) is 5.21 Å². The van der Waals surface area contributed by atoms with E-state index in [1.807, 2.05) is 0 Å². The van der Waals surface area contributed by atoms with Crippen molar-refractivity contribution in [2.75, 3.05) is 18.4 Å². The van der Waals surface area contributed by atoms with Gasteiger partial charge in [0, 0.05) is 13.1 Å². The van der Waals surface area contributed by atoms with Crippen LogP contribution in [0.4, 0.5) is 6.01 Å². The Morgan fingerprint density at radius 3 is 3.06 bits per heavy atom. The molecular weight excluding hydrogens is 236 g/mol. The van der Waals surface area contributed by atoms with Gasteiger partial charge < -0.3 is 9.73 Å². The quantitative estimate of drug-likeness (QED) is 0.791. The highest BCUT2D eigenvalue weighted by Crippen LogP contribution is 2.11. The van der Waals surface area contributed by atoms with E-state index in [1.54, 1.807) is 17.8 Å². The Bertz CT molecular complexity index is 570. The van der Waals surface area contributed by atoms with E-state index in [2.05, 4.69) is 25.9 Å². The molecule has 3 rings (SSSR count). The fraction of sp³-hybridized carbons (Fsp3) is 0.400. The first-order valence-corrected chi connectivity index (χ1v) is 5.58. The third kappa shape index (κ3) is 1.97. The first kappa shape index (κ1) is 10.9. The van der Waals surface area contributed by atoms with Crippen LogP contribution in [0.2, 0.25) is 0 Å². The number of nitrogens with one attached hydrogen (secondary N) is 2. The Morgan fingerprint density at radius 1 is 1.61 bits per heavy atom. The molecule has 0 unspecified atom stereocenters. The van der Waals surface area contributed by atoms with E-state index in [9.17, 15) is 4.79 Å². The van der Waals surface area contributed by atoms with Crippen LogP contribution in [-0.2, 0) is 0 Å². The maximum Gasteiger partial charge on any atom is 0.301 e. The van der Waals surface area contributed by atoms with E-state index in [0.29, 0.717) is 5.69 Å². The number of carbonyl (C=O) groups is 1. The van der Waals surface area contributed by atoms with Crippen molar-refractivity contribution in [2.24, 2.45) is 0 Å². The summed E-state index contributed by atoms with van der Waals surface area (Å²) < 4.78 is 6.72. The van der Waals surface area contributed by atoms with Crippen molar-refractivity contribution in [3.8, 4) is 0 Å². The maximum atomic E-state index is 11.8. The molecule has 8 heteroatoms. The molecule has 2 aromatic rings. The van der Waals surface area contributed by atoms with Gasteiger partial charge in [0.15, 0.2) is 5.69 Å². The van der Waals surface area contributed by atoms with Gasteiger partial charge in [-0.25, -0.2) is 4.68 Å². The summed E-state index contributed by atoms with van der Waals surface area (Å²) in [5.41, 5.74) is 0.951. The Labute approximate surface area is 102 Å². The molecule has 1 aliphatic rings. The molecule has 0 bridgehead atoms. The van der Waals surface area contributed by atoms with Gasteiger partial charge in [0.1, 0.15) is 6.26 Å². The summed E-state index contributed by atoms with van der Waals surface area (Å²) >= 11 is 0. The molecule has 0 spiro atoms. The Hall–Kier alpha value is -2.22. The minimum Gasteiger partial charge on any atom is -0.432 e. The van der Waals surface area contributed by atoms with Crippen molar-refractivity contribution in [2.45, 2.75) is 13.0 Å². The summed E-state index contributed by atoms with van der Waals surface area (Å²) in [6.45, 7) is 3.48. The number of aromatic nitrogens is 4. The molecule has 1 aliphatic heterocycles. The van der Waals surface area contributed by atoms with Gasteiger partial charge in [0.05, 0.1) is 17.9 Å². The van der Waals surface area contributed by atoms with Gasteiger partial charge in [-0.2, -0.15) is 4.98 Å². The van der Waals surface area contributed by atoms with Crippen LogP contribution < -0.4 is 10.6 Å². The molecule has 0 aromatic carbocycles. The van der Waals surface area contributed by atoms with Gasteiger partial charge in [-0.05, 0) is 6.92 Å². The maximum absolute atomic E-state index is 11.8. The summed E-state index contributed by atoms with van der Waals surface area (Å²) in [7, 11) is 0. The van der Waals surface area contributed by atoms with E-state index in [-0.39, 0.29) is 23.7 Å². The average molecular weight is 248 g/mol. The Kier molecular flexibility index (Phi) is 2.56. The van der Waals surface area contributed by atoms with Crippen LogP contribution in [0.5, 0.6) is 0 Å². The van der Waals surface area contributed by atoms with Crippen molar-refractivity contribution >= 4 is 11.9 Å². The third-order valence-corrected chi connectivity index (χ3v) is 2.72. The molecule has 1 saturated heterocycles. The Morgan fingerprint density at radius 2 is 2.44 bits per heavy atom. The topological polar surface area (TPSA) is 97.9 Å².